The minimum Gasteiger partial charge on any atom is -0.870 e. The molecule has 0 radical (unpaired) electrons. The van der Waals surface area contributed by atoms with Crippen molar-refractivity contribution in [3.63, 3.8) is 0 Å². The SMILES string of the molecule is COc1cc([N+](=O)[O-])cc(/C=N\NC(=O)COc2c(C)cccc2C)c1[O-]. The lowest BCUT2D eigenvalue weighted by Crippen LogP contribution is -2.25. The van der Waals surface area contributed by atoms with Gasteiger partial charge in [0.1, 0.15) is 11.5 Å². The third kappa shape index (κ3) is 4.94. The van der Waals surface area contributed by atoms with E-state index in [9.17, 15) is 20.0 Å². The Kier molecular flexibility index (Phi) is 6.32. The molecule has 2 aromatic rings. The van der Waals surface area contributed by atoms with Gasteiger partial charge in [-0.25, -0.2) is 5.43 Å². The van der Waals surface area contributed by atoms with Gasteiger partial charge in [-0.05, 0) is 30.5 Å². The number of nitrogens with zero attached hydrogens (tertiary/aromatic N) is 2. The molecule has 9 heteroatoms. The van der Waals surface area contributed by atoms with Crippen LogP contribution in [0.15, 0.2) is 35.4 Å². The number of methoxy groups -OCH3 is 1. The quantitative estimate of drug-likeness (QED) is 0.449. The van der Waals surface area contributed by atoms with Crippen LogP contribution in [0.25, 0.3) is 0 Å². The van der Waals surface area contributed by atoms with Gasteiger partial charge in [-0.1, -0.05) is 23.9 Å². The van der Waals surface area contributed by atoms with Gasteiger partial charge in [0.25, 0.3) is 11.6 Å². The first-order valence-corrected chi connectivity index (χ1v) is 7.87. The van der Waals surface area contributed by atoms with E-state index < -0.39 is 16.6 Å². The number of aryl methyl sites for hydroxylation is 2. The van der Waals surface area contributed by atoms with E-state index in [4.69, 9.17) is 9.47 Å². The number of para-hydroxylation sites is 1. The first kappa shape index (κ1) is 19.7. The molecule has 0 aliphatic heterocycles. The fourth-order valence-electron chi connectivity index (χ4n) is 2.33. The largest absolute Gasteiger partial charge is 0.870 e. The van der Waals surface area contributed by atoms with Crippen molar-refractivity contribution in [1.29, 1.82) is 0 Å². The number of hydrogen-bond acceptors (Lipinski definition) is 7. The smallest absolute Gasteiger partial charge is 0.277 e. The first-order valence-electron chi connectivity index (χ1n) is 7.87. The van der Waals surface area contributed by atoms with Crippen LogP contribution in [0.1, 0.15) is 16.7 Å². The fourth-order valence-corrected chi connectivity index (χ4v) is 2.33. The molecule has 27 heavy (non-hydrogen) atoms. The molecule has 0 fully saturated rings. The highest BCUT2D eigenvalue weighted by molar-refractivity contribution is 5.87. The first-order chi connectivity index (χ1) is 12.8. The Morgan fingerprint density at radius 1 is 1.30 bits per heavy atom. The van der Waals surface area contributed by atoms with Crippen LogP contribution >= 0.6 is 0 Å². The molecule has 0 aliphatic carbocycles. The summed E-state index contributed by atoms with van der Waals surface area (Å²) in [6, 6.07) is 7.69. The molecule has 0 atom stereocenters. The van der Waals surface area contributed by atoms with Gasteiger partial charge in [0, 0.05) is 6.07 Å². The number of rotatable bonds is 7. The second-order valence-corrected chi connectivity index (χ2v) is 5.63. The molecular formula is C18H18N3O6-. The minimum atomic E-state index is -0.657. The van der Waals surface area contributed by atoms with Crippen molar-refractivity contribution in [1.82, 2.24) is 5.43 Å². The van der Waals surface area contributed by atoms with Crippen molar-refractivity contribution in [2.75, 3.05) is 13.7 Å². The van der Waals surface area contributed by atoms with Crippen molar-refractivity contribution in [3.05, 3.63) is 57.1 Å². The van der Waals surface area contributed by atoms with Crippen molar-refractivity contribution in [3.8, 4) is 17.2 Å². The molecule has 142 valence electrons. The van der Waals surface area contributed by atoms with Crippen LogP contribution in [0.3, 0.4) is 0 Å². The summed E-state index contributed by atoms with van der Waals surface area (Å²) in [5.74, 6) is -0.691. The van der Waals surface area contributed by atoms with Gasteiger partial charge in [0.2, 0.25) is 0 Å². The lowest BCUT2D eigenvalue weighted by Gasteiger charge is -2.15. The van der Waals surface area contributed by atoms with E-state index in [-0.39, 0.29) is 23.6 Å². The molecule has 1 N–H and O–H groups in total. The van der Waals surface area contributed by atoms with Crippen LogP contribution in [0.4, 0.5) is 5.69 Å². The van der Waals surface area contributed by atoms with E-state index in [0.29, 0.717) is 5.75 Å². The highest BCUT2D eigenvalue weighted by Crippen LogP contribution is 2.31. The molecule has 0 aliphatic rings. The van der Waals surface area contributed by atoms with Crippen molar-refractivity contribution >= 4 is 17.8 Å². The van der Waals surface area contributed by atoms with E-state index in [2.05, 4.69) is 10.5 Å². The van der Waals surface area contributed by atoms with Crippen LogP contribution in [0, 0.1) is 24.0 Å². The van der Waals surface area contributed by atoms with E-state index >= 15 is 0 Å². The lowest BCUT2D eigenvalue weighted by atomic mass is 10.1. The molecule has 0 saturated heterocycles. The number of nitro groups is 1. The van der Waals surface area contributed by atoms with Crippen LogP contribution < -0.4 is 20.0 Å². The molecule has 0 spiro atoms. The molecule has 0 bridgehead atoms. The van der Waals surface area contributed by atoms with Crippen molar-refractivity contribution < 1.29 is 24.3 Å². The summed E-state index contributed by atoms with van der Waals surface area (Å²) in [6.45, 7) is 3.46. The van der Waals surface area contributed by atoms with E-state index in [1.165, 1.54) is 7.11 Å². The second-order valence-electron chi connectivity index (χ2n) is 5.63. The number of carbonyl (C=O) groups is 1. The van der Waals surface area contributed by atoms with Crippen molar-refractivity contribution in [2.45, 2.75) is 13.8 Å². The lowest BCUT2D eigenvalue weighted by molar-refractivity contribution is -0.385. The molecule has 9 nitrogen and oxygen atoms in total. The molecule has 0 aromatic heterocycles. The summed E-state index contributed by atoms with van der Waals surface area (Å²) >= 11 is 0. The van der Waals surface area contributed by atoms with Crippen LogP contribution in [-0.2, 0) is 4.79 Å². The molecule has 1 amide bonds. The van der Waals surface area contributed by atoms with Gasteiger partial charge in [0.15, 0.2) is 6.61 Å². The summed E-state index contributed by atoms with van der Waals surface area (Å²) in [7, 11) is 1.23. The molecule has 2 aromatic carbocycles. The number of nitrogens with one attached hydrogen (secondary N) is 1. The zero-order valence-corrected chi connectivity index (χ0v) is 15.0. The van der Waals surface area contributed by atoms with E-state index in [0.717, 1.165) is 29.5 Å². The Balaban J connectivity index is 2.03. The van der Waals surface area contributed by atoms with Gasteiger partial charge >= 0.3 is 0 Å². The number of hydrogen-bond donors (Lipinski definition) is 1. The van der Waals surface area contributed by atoms with Gasteiger partial charge in [0.05, 0.1) is 24.3 Å². The molecule has 2 rings (SSSR count). The minimum absolute atomic E-state index is 0.0861. The number of non-ortho nitro benzene ring substituents is 1. The van der Waals surface area contributed by atoms with Crippen LogP contribution in [-0.4, -0.2) is 30.8 Å². The predicted octanol–water partition coefficient (Wildman–Crippen LogP) is 1.82. The number of ether oxygens (including phenoxy) is 2. The van der Waals surface area contributed by atoms with Crippen molar-refractivity contribution in [2.24, 2.45) is 5.10 Å². The highest BCUT2D eigenvalue weighted by Gasteiger charge is 2.11. The Labute approximate surface area is 155 Å². The molecule has 0 heterocycles. The van der Waals surface area contributed by atoms with E-state index in [1.54, 1.807) is 0 Å². The Morgan fingerprint density at radius 3 is 2.56 bits per heavy atom. The average molecular weight is 372 g/mol. The third-order valence-electron chi connectivity index (χ3n) is 3.65. The Hall–Kier alpha value is -3.62. The van der Waals surface area contributed by atoms with Gasteiger partial charge < -0.3 is 14.6 Å². The number of benzene rings is 2. The molecule has 0 saturated carbocycles. The van der Waals surface area contributed by atoms with Gasteiger partial charge in [-0.15, -0.1) is 0 Å². The Morgan fingerprint density at radius 2 is 1.96 bits per heavy atom. The van der Waals surface area contributed by atoms with Gasteiger partial charge in [-0.2, -0.15) is 5.10 Å². The molecular weight excluding hydrogens is 354 g/mol. The normalized spacial score (nSPS) is 10.6. The summed E-state index contributed by atoms with van der Waals surface area (Å²) in [5.41, 5.74) is 3.59. The Bertz CT molecular complexity index is 875. The number of nitro benzene ring substituents is 1. The summed E-state index contributed by atoms with van der Waals surface area (Å²) < 4.78 is 10.3. The predicted molar refractivity (Wildman–Crippen MR) is 96.2 cm³/mol. The van der Waals surface area contributed by atoms with Crippen LogP contribution in [0.5, 0.6) is 17.2 Å². The average Bonchev–Trinajstić information content (AvgIpc) is 2.62. The maximum atomic E-state index is 12.1. The van der Waals surface area contributed by atoms with Crippen LogP contribution in [0.2, 0.25) is 0 Å². The third-order valence-corrected chi connectivity index (χ3v) is 3.65. The fraction of sp³-hybridized carbons (Fsp3) is 0.222. The highest BCUT2D eigenvalue weighted by atomic mass is 16.6. The van der Waals surface area contributed by atoms with E-state index in [1.807, 2.05) is 32.0 Å². The summed E-state index contributed by atoms with van der Waals surface area (Å²) in [5, 5.41) is 26.6. The number of amides is 1. The topological polar surface area (TPSA) is 126 Å². The number of carbonyl (C=O) groups excluding carboxylic acids is 1. The summed E-state index contributed by atoms with van der Waals surface area (Å²) in [4.78, 5) is 22.1. The van der Waals surface area contributed by atoms with Gasteiger partial charge in [-0.3, -0.25) is 14.9 Å². The zero-order valence-electron chi connectivity index (χ0n) is 15.0. The summed E-state index contributed by atoms with van der Waals surface area (Å²) in [6.07, 6.45) is 1.02. The zero-order chi connectivity index (χ0) is 20.0. The number of hydrazone groups is 1. The molecule has 0 unspecified atom stereocenters. The maximum absolute atomic E-state index is 12.1. The maximum Gasteiger partial charge on any atom is 0.277 e. The monoisotopic (exact) mass is 372 g/mol. The standard InChI is InChI=1S/C18H19N3O6/c1-11-5-4-6-12(2)18(11)27-10-16(22)20-19-9-13-7-14(21(24)25)8-15(26-3)17(13)23/h4-9,23H,10H2,1-3H3,(H,20,22)/p-1/b19-9-. The second kappa shape index (κ2) is 8.65.